The molecule has 35 heavy (non-hydrogen) atoms. The lowest BCUT2D eigenvalue weighted by Crippen LogP contribution is -2.53. The minimum absolute atomic E-state index is 0.0123. The Hall–Kier alpha value is -4.38. The van der Waals surface area contributed by atoms with Crippen LogP contribution < -0.4 is 21.3 Å². The molecule has 3 heterocycles. The molecular weight excluding hydrogens is 448 g/mol. The second-order valence-electron chi connectivity index (χ2n) is 8.52. The SMILES string of the molecule is C[C@@H]1CO[C@H](CN(C(=O)O)c2ccccc2)CN1c1cc(-c2ccc3c(N)n[nH]c3c2)nc(N)n1. The molecule has 0 spiro atoms. The van der Waals surface area contributed by atoms with Gasteiger partial charge in [-0.1, -0.05) is 24.3 Å². The lowest BCUT2D eigenvalue weighted by molar-refractivity contribution is 0.0269. The minimum Gasteiger partial charge on any atom is -0.465 e. The van der Waals surface area contributed by atoms with E-state index in [1.165, 1.54) is 4.90 Å². The number of fused-ring (bicyclic) bond motifs is 1. The molecule has 11 heteroatoms. The van der Waals surface area contributed by atoms with Crippen molar-refractivity contribution >= 4 is 40.3 Å². The van der Waals surface area contributed by atoms with Gasteiger partial charge in [-0.15, -0.1) is 0 Å². The summed E-state index contributed by atoms with van der Waals surface area (Å²) in [5.74, 6) is 1.24. The highest BCUT2D eigenvalue weighted by molar-refractivity contribution is 5.91. The molecule has 2 aromatic heterocycles. The summed E-state index contributed by atoms with van der Waals surface area (Å²) < 4.78 is 6.00. The van der Waals surface area contributed by atoms with E-state index in [-0.39, 0.29) is 24.6 Å². The number of nitrogens with zero attached hydrogens (tertiary/aromatic N) is 5. The van der Waals surface area contributed by atoms with Crippen molar-refractivity contribution in [3.05, 3.63) is 54.6 Å². The summed E-state index contributed by atoms with van der Waals surface area (Å²) in [4.78, 5) is 24.2. The summed E-state index contributed by atoms with van der Waals surface area (Å²) in [5.41, 5.74) is 14.9. The summed E-state index contributed by atoms with van der Waals surface area (Å²) in [6.45, 7) is 3.09. The van der Waals surface area contributed by atoms with Crippen LogP contribution >= 0.6 is 0 Å². The van der Waals surface area contributed by atoms with Crippen molar-refractivity contribution < 1.29 is 14.6 Å². The Kier molecular flexibility index (Phi) is 5.83. The number of rotatable bonds is 5. The molecule has 4 aromatic rings. The number of morpholine rings is 1. The van der Waals surface area contributed by atoms with Crippen LogP contribution in [0.1, 0.15) is 6.92 Å². The number of benzene rings is 2. The van der Waals surface area contributed by atoms with E-state index in [1.807, 2.05) is 49.4 Å². The first-order valence-corrected chi connectivity index (χ1v) is 11.2. The number of amides is 1. The zero-order chi connectivity index (χ0) is 24.5. The van der Waals surface area contributed by atoms with E-state index in [9.17, 15) is 9.90 Å². The van der Waals surface area contributed by atoms with Crippen molar-refractivity contribution in [1.82, 2.24) is 20.2 Å². The second-order valence-corrected chi connectivity index (χ2v) is 8.52. The number of ether oxygens (including phenoxy) is 1. The first kappa shape index (κ1) is 22.4. The number of hydrogen-bond donors (Lipinski definition) is 4. The number of carbonyl (C=O) groups is 1. The van der Waals surface area contributed by atoms with Gasteiger partial charge >= 0.3 is 6.09 Å². The maximum absolute atomic E-state index is 11.9. The molecule has 6 N–H and O–H groups in total. The summed E-state index contributed by atoms with van der Waals surface area (Å²) >= 11 is 0. The highest BCUT2D eigenvalue weighted by Gasteiger charge is 2.30. The van der Waals surface area contributed by atoms with Crippen LogP contribution in [0.15, 0.2) is 54.6 Å². The van der Waals surface area contributed by atoms with Crippen molar-refractivity contribution in [2.45, 2.75) is 19.1 Å². The van der Waals surface area contributed by atoms with Crippen LogP contribution in [0.25, 0.3) is 22.2 Å². The fraction of sp³-hybridized carbons (Fsp3) is 0.250. The first-order valence-electron chi connectivity index (χ1n) is 11.2. The molecule has 2 atom stereocenters. The molecule has 180 valence electrons. The van der Waals surface area contributed by atoms with Gasteiger partial charge < -0.3 is 26.2 Å². The lowest BCUT2D eigenvalue weighted by atomic mass is 10.1. The van der Waals surface area contributed by atoms with Gasteiger partial charge in [-0.25, -0.2) is 9.78 Å². The van der Waals surface area contributed by atoms with Crippen LogP contribution in [0.5, 0.6) is 0 Å². The van der Waals surface area contributed by atoms with Crippen molar-refractivity contribution in [3.63, 3.8) is 0 Å². The number of carboxylic acid groups (broad SMARTS) is 1. The molecule has 1 aliphatic heterocycles. The highest BCUT2D eigenvalue weighted by Crippen LogP contribution is 2.29. The molecule has 1 saturated heterocycles. The van der Waals surface area contributed by atoms with Crippen LogP contribution in [-0.2, 0) is 4.74 Å². The number of nitrogens with one attached hydrogen (secondary N) is 1. The Morgan fingerprint density at radius 3 is 2.77 bits per heavy atom. The molecule has 0 bridgehead atoms. The fourth-order valence-corrected chi connectivity index (χ4v) is 4.30. The topological polar surface area (TPSA) is 160 Å². The van der Waals surface area contributed by atoms with Gasteiger partial charge in [0.1, 0.15) is 5.82 Å². The first-order chi connectivity index (χ1) is 16.9. The van der Waals surface area contributed by atoms with E-state index < -0.39 is 6.09 Å². The molecule has 0 aliphatic carbocycles. The molecular formula is C24H26N8O3. The summed E-state index contributed by atoms with van der Waals surface area (Å²) in [7, 11) is 0. The van der Waals surface area contributed by atoms with Crippen molar-refractivity contribution in [3.8, 4) is 11.3 Å². The Morgan fingerprint density at radius 1 is 1.20 bits per heavy atom. The number of H-pyrrole nitrogens is 1. The third-order valence-electron chi connectivity index (χ3n) is 6.10. The predicted octanol–water partition coefficient (Wildman–Crippen LogP) is 2.96. The van der Waals surface area contributed by atoms with Crippen LogP contribution in [0, 0.1) is 0 Å². The van der Waals surface area contributed by atoms with Gasteiger partial charge in [0.2, 0.25) is 5.95 Å². The highest BCUT2D eigenvalue weighted by atomic mass is 16.5. The monoisotopic (exact) mass is 474 g/mol. The molecule has 0 saturated carbocycles. The van der Waals surface area contributed by atoms with Crippen LogP contribution in [0.2, 0.25) is 0 Å². The number of anilines is 4. The standard InChI is InChI=1S/C24H26N8O3/c1-14-13-35-17(12-32(24(33)34)16-5-3-2-4-6-16)11-31(14)21-10-19(27-23(26)28-21)15-7-8-18-20(9-15)29-30-22(18)25/h2-10,14,17H,11-13H2,1H3,(H,33,34)(H3,25,29,30)(H2,26,27,28)/t14-,17+/m1/s1. The van der Waals surface area contributed by atoms with Gasteiger partial charge in [0.05, 0.1) is 36.5 Å². The maximum Gasteiger partial charge on any atom is 0.411 e. The van der Waals surface area contributed by atoms with Crippen molar-refractivity contribution in [1.29, 1.82) is 0 Å². The molecule has 1 amide bonds. The molecule has 1 aliphatic rings. The lowest BCUT2D eigenvalue weighted by Gasteiger charge is -2.40. The smallest absolute Gasteiger partial charge is 0.411 e. The largest absolute Gasteiger partial charge is 0.465 e. The van der Waals surface area contributed by atoms with Gasteiger partial charge in [-0.2, -0.15) is 10.1 Å². The van der Waals surface area contributed by atoms with E-state index >= 15 is 0 Å². The predicted molar refractivity (Wildman–Crippen MR) is 134 cm³/mol. The fourth-order valence-electron chi connectivity index (χ4n) is 4.30. The zero-order valence-corrected chi connectivity index (χ0v) is 19.1. The molecule has 5 rings (SSSR count). The molecule has 0 radical (unpaired) electrons. The third-order valence-corrected chi connectivity index (χ3v) is 6.10. The summed E-state index contributed by atoms with van der Waals surface area (Å²) in [5, 5.41) is 17.6. The Morgan fingerprint density at radius 2 is 2.00 bits per heavy atom. The van der Waals surface area contributed by atoms with Gasteiger partial charge in [0, 0.05) is 29.2 Å². The number of aromatic nitrogens is 4. The van der Waals surface area contributed by atoms with E-state index in [0.717, 1.165) is 16.5 Å². The molecule has 2 aromatic carbocycles. The maximum atomic E-state index is 11.9. The average molecular weight is 475 g/mol. The van der Waals surface area contributed by atoms with Crippen molar-refractivity contribution in [2.75, 3.05) is 41.0 Å². The number of nitrogens with two attached hydrogens (primary N) is 2. The Labute approximate surface area is 201 Å². The molecule has 1 fully saturated rings. The van der Waals surface area contributed by atoms with Crippen molar-refractivity contribution in [2.24, 2.45) is 0 Å². The Balaban J connectivity index is 1.41. The Bertz CT molecular complexity index is 1360. The third kappa shape index (κ3) is 4.53. The number of aromatic amines is 1. The van der Waals surface area contributed by atoms with Gasteiger partial charge in [0.15, 0.2) is 5.82 Å². The second kappa shape index (κ2) is 9.11. The van der Waals surface area contributed by atoms with Gasteiger partial charge in [-0.3, -0.25) is 10.00 Å². The number of nitrogen functional groups attached to an aromatic ring is 2. The normalized spacial score (nSPS) is 18.0. The quantitative estimate of drug-likeness (QED) is 0.341. The number of para-hydroxylation sites is 1. The van der Waals surface area contributed by atoms with E-state index in [1.54, 1.807) is 12.1 Å². The van der Waals surface area contributed by atoms with Gasteiger partial charge in [0.25, 0.3) is 0 Å². The summed E-state index contributed by atoms with van der Waals surface area (Å²) in [6, 6.07) is 16.6. The molecule has 11 nitrogen and oxygen atoms in total. The average Bonchev–Trinajstić information content (AvgIpc) is 3.23. The molecule has 0 unspecified atom stereocenters. The summed E-state index contributed by atoms with van der Waals surface area (Å²) in [6.07, 6.45) is -1.39. The van der Waals surface area contributed by atoms with E-state index in [0.29, 0.717) is 36.2 Å². The van der Waals surface area contributed by atoms with Crippen LogP contribution in [-0.4, -0.2) is 63.2 Å². The van der Waals surface area contributed by atoms with Gasteiger partial charge in [-0.05, 0) is 31.2 Å². The number of hydrogen-bond acceptors (Lipinski definition) is 8. The van der Waals surface area contributed by atoms with Crippen LogP contribution in [0.4, 0.5) is 28.1 Å². The van der Waals surface area contributed by atoms with E-state index in [2.05, 4.69) is 25.1 Å². The van der Waals surface area contributed by atoms with Crippen LogP contribution in [0.3, 0.4) is 0 Å². The minimum atomic E-state index is -1.03. The zero-order valence-electron chi connectivity index (χ0n) is 19.1. The van der Waals surface area contributed by atoms with E-state index in [4.69, 9.17) is 16.2 Å².